The topological polar surface area (TPSA) is 75.7 Å². The van der Waals surface area contributed by atoms with E-state index in [-0.39, 0.29) is 18.8 Å². The third-order valence-electron chi connectivity index (χ3n) is 4.04. The number of sulfonamides is 1. The van der Waals surface area contributed by atoms with Gasteiger partial charge in [0.05, 0.1) is 19.1 Å². The average Bonchev–Trinajstić information content (AvgIpc) is 2.64. The number of benzene rings is 2. The summed E-state index contributed by atoms with van der Waals surface area (Å²) in [6.45, 7) is 1.92. The molecule has 2 aromatic rings. The van der Waals surface area contributed by atoms with Crippen LogP contribution in [0.25, 0.3) is 0 Å². The molecule has 0 aromatic heterocycles. The lowest BCUT2D eigenvalue weighted by Gasteiger charge is -2.30. The van der Waals surface area contributed by atoms with Gasteiger partial charge < -0.3 is 10.1 Å². The Kier molecular flexibility index (Phi) is 6.79. The summed E-state index contributed by atoms with van der Waals surface area (Å²) in [7, 11) is -2.19. The SMILES string of the molecule is CCC(C(=O)NCc1ccc(F)cc1)N(c1ccc(OC)cc1)S(C)(=O)=O. The number of rotatable bonds is 8. The van der Waals surface area contributed by atoms with Gasteiger partial charge >= 0.3 is 0 Å². The molecule has 1 unspecified atom stereocenters. The number of ether oxygens (including phenoxy) is 1. The molecular weight excluding hydrogens is 371 g/mol. The molecule has 1 amide bonds. The molecule has 0 saturated carbocycles. The third kappa shape index (κ3) is 5.43. The molecule has 0 heterocycles. The van der Waals surface area contributed by atoms with Crippen molar-refractivity contribution in [3.63, 3.8) is 0 Å². The minimum absolute atomic E-state index is 0.176. The number of methoxy groups -OCH3 is 1. The zero-order valence-corrected chi connectivity index (χ0v) is 16.3. The number of nitrogens with one attached hydrogen (secondary N) is 1. The smallest absolute Gasteiger partial charge is 0.244 e. The van der Waals surface area contributed by atoms with Crippen molar-refractivity contribution in [2.75, 3.05) is 17.7 Å². The summed E-state index contributed by atoms with van der Waals surface area (Å²) in [4.78, 5) is 12.7. The molecule has 6 nitrogen and oxygen atoms in total. The van der Waals surface area contributed by atoms with E-state index in [2.05, 4.69) is 5.32 Å². The number of hydrogen-bond donors (Lipinski definition) is 1. The molecule has 0 aliphatic rings. The van der Waals surface area contributed by atoms with Crippen LogP contribution in [0.2, 0.25) is 0 Å². The van der Waals surface area contributed by atoms with E-state index >= 15 is 0 Å². The first-order valence-electron chi connectivity index (χ1n) is 8.42. The molecule has 0 aliphatic carbocycles. The van der Waals surface area contributed by atoms with Crippen LogP contribution in [0, 0.1) is 5.82 Å². The van der Waals surface area contributed by atoms with Gasteiger partial charge in [0.1, 0.15) is 17.6 Å². The molecule has 0 aliphatic heterocycles. The van der Waals surface area contributed by atoms with E-state index in [0.717, 1.165) is 16.1 Å². The Labute approximate surface area is 159 Å². The maximum absolute atomic E-state index is 13.0. The first-order chi connectivity index (χ1) is 12.8. The predicted molar refractivity (Wildman–Crippen MR) is 103 cm³/mol. The maximum Gasteiger partial charge on any atom is 0.244 e. The molecular formula is C19H23FN2O4S. The van der Waals surface area contributed by atoms with Crippen LogP contribution in [0.4, 0.5) is 10.1 Å². The summed E-state index contributed by atoms with van der Waals surface area (Å²) in [6.07, 6.45) is 1.35. The van der Waals surface area contributed by atoms with Crippen molar-refractivity contribution in [3.8, 4) is 5.75 Å². The summed E-state index contributed by atoms with van der Waals surface area (Å²) in [5.74, 6) is -0.205. The highest BCUT2D eigenvalue weighted by atomic mass is 32.2. The maximum atomic E-state index is 13.0. The number of nitrogens with zero attached hydrogens (tertiary/aromatic N) is 1. The van der Waals surface area contributed by atoms with Crippen molar-refractivity contribution < 1.29 is 22.3 Å². The third-order valence-corrected chi connectivity index (χ3v) is 5.22. The highest BCUT2D eigenvalue weighted by molar-refractivity contribution is 7.92. The van der Waals surface area contributed by atoms with Gasteiger partial charge in [-0.2, -0.15) is 0 Å². The van der Waals surface area contributed by atoms with Gasteiger partial charge in [-0.05, 0) is 48.4 Å². The molecule has 146 valence electrons. The van der Waals surface area contributed by atoms with Crippen molar-refractivity contribution in [2.24, 2.45) is 0 Å². The Balaban J connectivity index is 2.22. The quantitative estimate of drug-likeness (QED) is 0.747. The van der Waals surface area contributed by atoms with Crippen LogP contribution in [0.1, 0.15) is 18.9 Å². The van der Waals surface area contributed by atoms with Gasteiger partial charge in [-0.3, -0.25) is 9.10 Å². The van der Waals surface area contributed by atoms with Gasteiger partial charge in [0.15, 0.2) is 0 Å². The second-order valence-corrected chi connectivity index (χ2v) is 7.88. The van der Waals surface area contributed by atoms with Crippen molar-refractivity contribution in [1.82, 2.24) is 5.32 Å². The number of anilines is 1. The summed E-state index contributed by atoms with van der Waals surface area (Å²) in [5, 5.41) is 2.72. The van der Waals surface area contributed by atoms with Gasteiger partial charge in [0, 0.05) is 6.54 Å². The lowest BCUT2D eigenvalue weighted by molar-refractivity contribution is -0.122. The molecule has 2 aromatic carbocycles. The van der Waals surface area contributed by atoms with Crippen LogP contribution in [0.3, 0.4) is 0 Å². The van der Waals surface area contributed by atoms with Crippen LogP contribution in [0.15, 0.2) is 48.5 Å². The monoisotopic (exact) mass is 394 g/mol. The van der Waals surface area contributed by atoms with E-state index in [1.807, 2.05) is 0 Å². The number of halogens is 1. The normalized spacial score (nSPS) is 12.3. The molecule has 0 fully saturated rings. The fourth-order valence-electron chi connectivity index (χ4n) is 2.70. The van der Waals surface area contributed by atoms with Gasteiger partial charge in [0.25, 0.3) is 0 Å². The van der Waals surface area contributed by atoms with Crippen LogP contribution >= 0.6 is 0 Å². The van der Waals surface area contributed by atoms with E-state index in [0.29, 0.717) is 11.4 Å². The number of carbonyl (C=O) groups is 1. The second kappa shape index (κ2) is 8.85. The van der Waals surface area contributed by atoms with E-state index < -0.39 is 22.0 Å². The van der Waals surface area contributed by atoms with Gasteiger partial charge in [0.2, 0.25) is 15.9 Å². The van der Waals surface area contributed by atoms with Gasteiger partial charge in [-0.1, -0.05) is 19.1 Å². The molecule has 8 heteroatoms. The van der Waals surface area contributed by atoms with Crippen LogP contribution in [-0.4, -0.2) is 33.7 Å². The highest BCUT2D eigenvalue weighted by Crippen LogP contribution is 2.25. The Bertz CT molecular complexity index is 868. The first-order valence-corrected chi connectivity index (χ1v) is 10.3. The summed E-state index contributed by atoms with van der Waals surface area (Å²) in [6, 6.07) is 11.3. The lowest BCUT2D eigenvalue weighted by Crippen LogP contribution is -2.49. The highest BCUT2D eigenvalue weighted by Gasteiger charge is 2.31. The summed E-state index contributed by atoms with van der Waals surface area (Å²) >= 11 is 0. The molecule has 2 rings (SSSR count). The predicted octanol–water partition coefficient (Wildman–Crippen LogP) is 2.70. The number of amides is 1. The molecule has 0 bridgehead atoms. The molecule has 1 N–H and O–H groups in total. The Morgan fingerprint density at radius 1 is 1.15 bits per heavy atom. The largest absolute Gasteiger partial charge is 0.497 e. The summed E-state index contributed by atoms with van der Waals surface area (Å²) < 4.78 is 43.9. The van der Waals surface area contributed by atoms with E-state index in [4.69, 9.17) is 4.74 Å². The molecule has 0 radical (unpaired) electrons. The standard InChI is InChI=1S/C19H23FN2O4S/c1-4-18(19(23)21-13-14-5-7-15(20)8-6-14)22(27(3,24)25)16-9-11-17(26-2)12-10-16/h5-12,18H,4,13H2,1-3H3,(H,21,23). The minimum atomic E-state index is -3.70. The number of hydrogen-bond acceptors (Lipinski definition) is 4. The van der Waals surface area contributed by atoms with Crippen molar-refractivity contribution in [1.29, 1.82) is 0 Å². The first kappa shape index (κ1) is 20.7. The molecule has 27 heavy (non-hydrogen) atoms. The van der Waals surface area contributed by atoms with Gasteiger partial charge in [-0.25, -0.2) is 12.8 Å². The number of carbonyl (C=O) groups excluding carboxylic acids is 1. The second-order valence-electron chi connectivity index (χ2n) is 6.03. The lowest BCUT2D eigenvalue weighted by atomic mass is 10.1. The van der Waals surface area contributed by atoms with Gasteiger partial charge in [-0.15, -0.1) is 0 Å². The minimum Gasteiger partial charge on any atom is -0.497 e. The van der Waals surface area contributed by atoms with E-state index in [1.54, 1.807) is 43.3 Å². The zero-order valence-electron chi connectivity index (χ0n) is 15.5. The van der Waals surface area contributed by atoms with Crippen LogP contribution < -0.4 is 14.4 Å². The fourth-order valence-corrected chi connectivity index (χ4v) is 3.91. The Morgan fingerprint density at radius 3 is 2.22 bits per heavy atom. The van der Waals surface area contributed by atoms with Crippen LogP contribution in [0.5, 0.6) is 5.75 Å². The molecule has 1 atom stereocenters. The molecule has 0 spiro atoms. The Morgan fingerprint density at radius 2 is 1.74 bits per heavy atom. The van der Waals surface area contributed by atoms with Crippen molar-refractivity contribution in [2.45, 2.75) is 25.9 Å². The van der Waals surface area contributed by atoms with Crippen LogP contribution in [-0.2, 0) is 21.4 Å². The van der Waals surface area contributed by atoms with Crippen molar-refractivity contribution >= 4 is 21.6 Å². The summed E-state index contributed by atoms with van der Waals surface area (Å²) in [5.41, 5.74) is 1.09. The van der Waals surface area contributed by atoms with E-state index in [9.17, 15) is 17.6 Å². The van der Waals surface area contributed by atoms with Crippen molar-refractivity contribution in [3.05, 3.63) is 59.9 Å². The zero-order chi connectivity index (χ0) is 20.0. The Hall–Kier alpha value is -2.61. The molecule has 0 saturated heterocycles. The van der Waals surface area contributed by atoms with E-state index in [1.165, 1.54) is 19.2 Å². The average molecular weight is 394 g/mol. The fraction of sp³-hybridized carbons (Fsp3) is 0.316.